The van der Waals surface area contributed by atoms with E-state index in [0.29, 0.717) is 27.8 Å². The Morgan fingerprint density at radius 2 is 1.64 bits per heavy atom. The zero-order valence-electron chi connectivity index (χ0n) is 17.4. The molecule has 2 heterocycles. The lowest BCUT2D eigenvalue weighted by molar-refractivity contribution is -0.116. The van der Waals surface area contributed by atoms with Crippen LogP contribution in [0.1, 0.15) is 0 Å². The molecule has 0 aliphatic carbocycles. The van der Waals surface area contributed by atoms with Gasteiger partial charge in [0.1, 0.15) is 34.4 Å². The van der Waals surface area contributed by atoms with Gasteiger partial charge in [0.05, 0.1) is 25.4 Å². The van der Waals surface area contributed by atoms with Gasteiger partial charge < -0.3 is 14.8 Å². The molecule has 170 valence electrons. The Hall–Kier alpha value is -3.99. The van der Waals surface area contributed by atoms with Gasteiger partial charge in [0.2, 0.25) is 5.91 Å². The Balaban J connectivity index is 1.77. The number of ether oxygens (including phenoxy) is 2. The molecule has 1 amide bonds. The van der Waals surface area contributed by atoms with Crippen LogP contribution in [-0.4, -0.2) is 29.3 Å². The first-order valence-corrected chi connectivity index (χ1v) is 10.4. The third-order valence-electron chi connectivity index (χ3n) is 4.80. The summed E-state index contributed by atoms with van der Waals surface area (Å²) in [6.07, 6.45) is 0. The van der Waals surface area contributed by atoms with E-state index in [1.165, 1.54) is 20.3 Å². The lowest BCUT2D eigenvalue weighted by Crippen LogP contribution is -2.40. The Bertz CT molecular complexity index is 1450. The normalized spacial score (nSPS) is 10.9. The first-order chi connectivity index (χ1) is 15.8. The number of fused-ring (bicyclic) bond motifs is 1. The van der Waals surface area contributed by atoms with Crippen molar-refractivity contribution in [3.63, 3.8) is 0 Å². The van der Waals surface area contributed by atoms with E-state index in [-0.39, 0.29) is 15.9 Å². The molecule has 0 saturated heterocycles. The van der Waals surface area contributed by atoms with Crippen LogP contribution in [-0.2, 0) is 11.3 Å². The molecule has 0 aliphatic rings. The summed E-state index contributed by atoms with van der Waals surface area (Å²) < 4.78 is 39.8. The van der Waals surface area contributed by atoms with Crippen molar-refractivity contribution in [1.82, 2.24) is 9.13 Å². The number of thiophene rings is 1. The number of hydrogen-bond donors (Lipinski definition) is 1. The van der Waals surface area contributed by atoms with Crippen LogP contribution < -0.4 is 26.0 Å². The fourth-order valence-corrected chi connectivity index (χ4v) is 4.18. The topological polar surface area (TPSA) is 91.6 Å². The minimum Gasteiger partial charge on any atom is -0.497 e. The van der Waals surface area contributed by atoms with Crippen molar-refractivity contribution in [3.05, 3.63) is 80.3 Å². The lowest BCUT2D eigenvalue weighted by Gasteiger charge is -2.13. The average Bonchev–Trinajstić information content (AvgIpc) is 3.26. The summed E-state index contributed by atoms with van der Waals surface area (Å²) in [6.45, 7) is -0.455. The second kappa shape index (κ2) is 8.87. The summed E-state index contributed by atoms with van der Waals surface area (Å²) in [7, 11) is 2.93. The lowest BCUT2D eigenvalue weighted by atomic mass is 10.2. The molecule has 0 radical (unpaired) electrons. The molecule has 0 aliphatic heterocycles. The van der Waals surface area contributed by atoms with Gasteiger partial charge in [0.25, 0.3) is 5.56 Å². The number of benzene rings is 2. The average molecular weight is 473 g/mol. The Labute approximate surface area is 189 Å². The molecular formula is C22H17F2N3O5S. The van der Waals surface area contributed by atoms with Crippen molar-refractivity contribution in [2.24, 2.45) is 0 Å². The molecule has 0 spiro atoms. The number of halogens is 2. The van der Waals surface area contributed by atoms with Crippen molar-refractivity contribution in [1.29, 1.82) is 0 Å². The SMILES string of the molecule is COc1cc(NC(=O)Cn2c(=O)n(-c3cc(F)cc(F)c3)c(=O)c3sccc32)cc(OC)c1. The molecule has 2 aromatic heterocycles. The van der Waals surface area contributed by atoms with Crippen molar-refractivity contribution >= 4 is 33.1 Å². The fraction of sp³-hybridized carbons (Fsp3) is 0.136. The van der Waals surface area contributed by atoms with E-state index in [2.05, 4.69) is 5.32 Å². The maximum absolute atomic E-state index is 13.8. The van der Waals surface area contributed by atoms with E-state index in [0.717, 1.165) is 28.0 Å². The monoisotopic (exact) mass is 473 g/mol. The maximum Gasteiger partial charge on any atom is 0.336 e. The van der Waals surface area contributed by atoms with Crippen molar-refractivity contribution in [3.8, 4) is 17.2 Å². The summed E-state index contributed by atoms with van der Waals surface area (Å²) in [4.78, 5) is 38.9. The highest BCUT2D eigenvalue weighted by Crippen LogP contribution is 2.26. The number of aromatic nitrogens is 2. The van der Waals surface area contributed by atoms with E-state index in [1.54, 1.807) is 23.6 Å². The number of rotatable bonds is 6. The predicted molar refractivity (Wildman–Crippen MR) is 120 cm³/mol. The second-order valence-corrected chi connectivity index (χ2v) is 7.84. The maximum atomic E-state index is 13.8. The molecule has 0 unspecified atom stereocenters. The van der Waals surface area contributed by atoms with E-state index < -0.39 is 35.3 Å². The summed E-state index contributed by atoms with van der Waals surface area (Å²) >= 11 is 1.05. The Morgan fingerprint density at radius 1 is 1.00 bits per heavy atom. The molecule has 0 saturated carbocycles. The van der Waals surface area contributed by atoms with Crippen LogP contribution in [0.4, 0.5) is 14.5 Å². The van der Waals surface area contributed by atoms with Crippen LogP contribution in [0.25, 0.3) is 15.9 Å². The number of methoxy groups -OCH3 is 2. The second-order valence-electron chi connectivity index (χ2n) is 6.92. The summed E-state index contributed by atoms with van der Waals surface area (Å²) in [6, 6.07) is 8.67. The third-order valence-corrected chi connectivity index (χ3v) is 5.69. The zero-order valence-corrected chi connectivity index (χ0v) is 18.2. The number of anilines is 1. The molecule has 1 N–H and O–H groups in total. The van der Waals surface area contributed by atoms with Gasteiger partial charge in [-0.2, -0.15) is 0 Å². The van der Waals surface area contributed by atoms with E-state index in [4.69, 9.17) is 9.47 Å². The van der Waals surface area contributed by atoms with Crippen molar-refractivity contribution in [2.75, 3.05) is 19.5 Å². The van der Waals surface area contributed by atoms with Gasteiger partial charge in [0.15, 0.2) is 0 Å². The third kappa shape index (κ3) is 4.35. The highest BCUT2D eigenvalue weighted by molar-refractivity contribution is 7.17. The summed E-state index contributed by atoms with van der Waals surface area (Å²) in [5, 5.41) is 4.24. The summed E-state index contributed by atoms with van der Waals surface area (Å²) in [5.74, 6) is -1.57. The van der Waals surface area contributed by atoms with Crippen LogP contribution in [0.3, 0.4) is 0 Å². The molecule has 33 heavy (non-hydrogen) atoms. The molecular weight excluding hydrogens is 456 g/mol. The zero-order chi connectivity index (χ0) is 23.7. The first kappa shape index (κ1) is 22.2. The van der Waals surface area contributed by atoms with Gasteiger partial charge >= 0.3 is 5.69 Å². The van der Waals surface area contributed by atoms with Crippen molar-refractivity contribution in [2.45, 2.75) is 6.54 Å². The molecule has 11 heteroatoms. The Kier molecular flexibility index (Phi) is 5.97. The van der Waals surface area contributed by atoms with E-state index in [9.17, 15) is 23.2 Å². The minimum atomic E-state index is -0.946. The number of nitrogens with one attached hydrogen (secondary N) is 1. The van der Waals surface area contributed by atoms with Gasteiger partial charge in [-0.05, 0) is 23.6 Å². The quantitative estimate of drug-likeness (QED) is 0.465. The van der Waals surface area contributed by atoms with Gasteiger partial charge in [-0.1, -0.05) is 0 Å². The number of amides is 1. The van der Waals surface area contributed by atoms with Crippen LogP contribution >= 0.6 is 11.3 Å². The van der Waals surface area contributed by atoms with Crippen LogP contribution in [0, 0.1) is 11.6 Å². The van der Waals surface area contributed by atoms with Gasteiger partial charge in [0, 0.05) is 30.0 Å². The molecule has 4 aromatic rings. The van der Waals surface area contributed by atoms with Gasteiger partial charge in [-0.15, -0.1) is 11.3 Å². The molecule has 0 fully saturated rings. The molecule has 4 rings (SSSR count). The largest absolute Gasteiger partial charge is 0.497 e. The summed E-state index contributed by atoms with van der Waals surface area (Å²) in [5.41, 5.74) is -1.31. The Morgan fingerprint density at radius 3 is 2.24 bits per heavy atom. The van der Waals surface area contributed by atoms with E-state index in [1.807, 2.05) is 0 Å². The standard InChI is InChI=1S/C22H17F2N3O5S/c1-31-16-8-14(9-17(10-16)32-2)25-19(28)11-26-18-3-4-33-20(18)21(29)27(22(26)30)15-6-12(23)5-13(24)7-15/h3-10H,11H2,1-2H3,(H,25,28). The van der Waals surface area contributed by atoms with Crippen LogP contribution in [0.5, 0.6) is 11.5 Å². The molecule has 8 nitrogen and oxygen atoms in total. The van der Waals surface area contributed by atoms with Crippen molar-refractivity contribution < 1.29 is 23.0 Å². The van der Waals surface area contributed by atoms with Gasteiger partial charge in [-0.3, -0.25) is 14.2 Å². The highest BCUT2D eigenvalue weighted by atomic mass is 32.1. The predicted octanol–water partition coefficient (Wildman–Crippen LogP) is 3.15. The highest BCUT2D eigenvalue weighted by Gasteiger charge is 2.19. The van der Waals surface area contributed by atoms with E-state index >= 15 is 0 Å². The van der Waals surface area contributed by atoms with Crippen LogP contribution in [0.2, 0.25) is 0 Å². The molecule has 0 atom stereocenters. The van der Waals surface area contributed by atoms with Crippen LogP contribution in [0.15, 0.2) is 57.4 Å². The molecule has 0 bridgehead atoms. The first-order valence-electron chi connectivity index (χ1n) is 9.53. The smallest absolute Gasteiger partial charge is 0.336 e. The number of nitrogens with zero attached hydrogens (tertiary/aromatic N) is 2. The molecule has 2 aromatic carbocycles. The number of carbonyl (C=O) groups is 1. The number of carbonyl (C=O) groups excluding carboxylic acids is 1. The van der Waals surface area contributed by atoms with Gasteiger partial charge in [-0.25, -0.2) is 18.1 Å². The minimum absolute atomic E-state index is 0.162. The number of hydrogen-bond acceptors (Lipinski definition) is 6. The fourth-order valence-electron chi connectivity index (χ4n) is 3.36.